The van der Waals surface area contributed by atoms with Gasteiger partial charge >= 0.3 is 0 Å². The lowest BCUT2D eigenvalue weighted by Crippen LogP contribution is -2.24. The Morgan fingerprint density at radius 1 is 0.963 bits per heavy atom. The van der Waals surface area contributed by atoms with Crippen molar-refractivity contribution in [3.63, 3.8) is 0 Å². The van der Waals surface area contributed by atoms with E-state index in [0.717, 1.165) is 24.0 Å². The number of unbranched alkanes of at least 4 members (excludes halogenated alkanes) is 3. The largest absolute Gasteiger partial charge is 0.248 e. The summed E-state index contributed by atoms with van der Waals surface area (Å²) in [6.45, 7) is 2.22. The normalized spacial score (nSPS) is 19.4. The Hall–Kier alpha value is -1.96. The van der Waals surface area contributed by atoms with Crippen LogP contribution in [-0.4, -0.2) is 5.92 Å². The van der Waals surface area contributed by atoms with Gasteiger partial charge in [0, 0.05) is 12.8 Å². The van der Waals surface area contributed by atoms with Crippen molar-refractivity contribution in [3.8, 4) is 11.1 Å². The van der Waals surface area contributed by atoms with Crippen molar-refractivity contribution in [3.05, 3.63) is 65.7 Å². The first-order valence-corrected chi connectivity index (χ1v) is 10.3. The molecule has 0 nitrogen and oxygen atoms in total. The lowest BCUT2D eigenvalue weighted by molar-refractivity contribution is -0.0408. The second-order valence-electron chi connectivity index (χ2n) is 7.79. The second-order valence-corrected chi connectivity index (χ2v) is 7.79. The predicted octanol–water partition coefficient (Wildman–Crippen LogP) is 8.24. The van der Waals surface area contributed by atoms with Crippen molar-refractivity contribution < 1.29 is 8.78 Å². The first kappa shape index (κ1) is 19.8. The average molecular weight is 369 g/mol. The first-order chi connectivity index (χ1) is 13.1. The van der Waals surface area contributed by atoms with Crippen LogP contribution in [-0.2, 0) is 0 Å². The lowest BCUT2D eigenvalue weighted by Gasteiger charge is -2.29. The minimum atomic E-state index is -2.50. The highest BCUT2D eigenvalue weighted by Gasteiger charge is 2.36. The third kappa shape index (κ3) is 5.76. The number of hydrogen-bond acceptors (Lipinski definition) is 0. The van der Waals surface area contributed by atoms with Gasteiger partial charge in [-0.1, -0.05) is 80.4 Å². The molecule has 0 saturated heterocycles. The van der Waals surface area contributed by atoms with E-state index in [4.69, 9.17) is 0 Å². The Morgan fingerprint density at radius 2 is 1.63 bits per heavy atom. The molecule has 1 aliphatic carbocycles. The molecule has 0 aliphatic heterocycles. The van der Waals surface area contributed by atoms with Crippen LogP contribution in [0.5, 0.6) is 0 Å². The van der Waals surface area contributed by atoms with E-state index in [1.165, 1.54) is 30.4 Å². The number of benzene rings is 2. The highest BCUT2D eigenvalue weighted by molar-refractivity contribution is 5.66. The fraction of sp³-hybridized carbons (Fsp3) is 0.440. The van der Waals surface area contributed by atoms with Crippen molar-refractivity contribution in [2.24, 2.45) is 0 Å². The van der Waals surface area contributed by atoms with Crippen LogP contribution < -0.4 is 0 Å². The quantitative estimate of drug-likeness (QED) is 0.432. The first-order valence-electron chi connectivity index (χ1n) is 10.3. The van der Waals surface area contributed by atoms with E-state index >= 15 is 0 Å². The molecule has 0 heterocycles. The predicted molar refractivity (Wildman–Crippen MR) is 111 cm³/mol. The third-order valence-electron chi connectivity index (χ3n) is 5.55. The molecule has 144 valence electrons. The maximum Gasteiger partial charge on any atom is 0.248 e. The Kier molecular flexibility index (Phi) is 6.82. The molecule has 0 aromatic heterocycles. The van der Waals surface area contributed by atoms with Crippen molar-refractivity contribution in [1.29, 1.82) is 0 Å². The van der Waals surface area contributed by atoms with Gasteiger partial charge < -0.3 is 0 Å². The molecule has 1 saturated carbocycles. The van der Waals surface area contributed by atoms with E-state index in [1.54, 1.807) is 0 Å². The Labute approximate surface area is 162 Å². The smallest absolute Gasteiger partial charge is 0.207 e. The number of halogens is 2. The van der Waals surface area contributed by atoms with E-state index in [9.17, 15) is 8.78 Å². The molecule has 1 aliphatic rings. The van der Waals surface area contributed by atoms with Gasteiger partial charge in [-0.25, -0.2) is 8.78 Å². The van der Waals surface area contributed by atoms with Gasteiger partial charge in [-0.05, 0) is 53.9 Å². The molecule has 1 atom stereocenters. The van der Waals surface area contributed by atoms with E-state index < -0.39 is 5.92 Å². The summed E-state index contributed by atoms with van der Waals surface area (Å²) in [6, 6.07) is 16.7. The standard InChI is InChI=1S/C25H30F2/c1-2-3-4-5-6-8-20-10-12-21(13-11-20)22-14-16-23(17-15-22)24-9-7-18-25(26,27)19-24/h6,8,10-17,24H,2-5,7,9,18-19H2,1H3/b8-6+. The van der Waals surface area contributed by atoms with E-state index in [1.807, 2.05) is 12.1 Å². The summed E-state index contributed by atoms with van der Waals surface area (Å²) in [5, 5.41) is 0. The number of rotatable bonds is 7. The van der Waals surface area contributed by atoms with Gasteiger partial charge in [0.1, 0.15) is 0 Å². The highest BCUT2D eigenvalue weighted by atomic mass is 19.3. The number of hydrogen-bond donors (Lipinski definition) is 0. The number of alkyl halides is 2. The molecule has 0 radical (unpaired) electrons. The van der Waals surface area contributed by atoms with Crippen LogP contribution in [0.4, 0.5) is 8.78 Å². The lowest BCUT2D eigenvalue weighted by atomic mass is 9.81. The fourth-order valence-corrected chi connectivity index (χ4v) is 3.92. The topological polar surface area (TPSA) is 0 Å². The van der Waals surface area contributed by atoms with Crippen molar-refractivity contribution in [2.75, 3.05) is 0 Å². The highest BCUT2D eigenvalue weighted by Crippen LogP contribution is 2.41. The second kappa shape index (κ2) is 9.30. The molecule has 0 bridgehead atoms. The molecule has 2 aromatic carbocycles. The average Bonchev–Trinajstić information content (AvgIpc) is 2.68. The molecular weight excluding hydrogens is 338 g/mol. The van der Waals surface area contributed by atoms with Crippen molar-refractivity contribution in [2.45, 2.75) is 70.1 Å². The zero-order chi connectivity index (χ0) is 19.1. The zero-order valence-corrected chi connectivity index (χ0v) is 16.3. The van der Waals surface area contributed by atoms with E-state index in [2.05, 4.69) is 55.5 Å². The summed E-state index contributed by atoms with van der Waals surface area (Å²) in [5.74, 6) is -2.51. The van der Waals surface area contributed by atoms with Gasteiger partial charge in [0.05, 0.1) is 0 Å². The summed E-state index contributed by atoms with van der Waals surface area (Å²) in [5.41, 5.74) is 4.57. The SMILES string of the molecule is CCCCC/C=C/c1ccc(-c2ccc(C3CCCC(F)(F)C3)cc2)cc1. The minimum absolute atomic E-state index is 0.00830. The summed E-state index contributed by atoms with van der Waals surface area (Å²) in [4.78, 5) is 0. The van der Waals surface area contributed by atoms with Crippen LogP contribution in [0.3, 0.4) is 0 Å². The molecular formula is C25H30F2. The van der Waals surface area contributed by atoms with Gasteiger partial charge in [-0.3, -0.25) is 0 Å². The fourth-order valence-electron chi connectivity index (χ4n) is 3.92. The molecule has 0 N–H and O–H groups in total. The maximum absolute atomic E-state index is 13.7. The van der Waals surface area contributed by atoms with Gasteiger partial charge in [-0.2, -0.15) is 0 Å². The molecule has 2 aromatic rings. The van der Waals surface area contributed by atoms with Gasteiger partial charge in [0.15, 0.2) is 0 Å². The van der Waals surface area contributed by atoms with Gasteiger partial charge in [0.25, 0.3) is 0 Å². The molecule has 27 heavy (non-hydrogen) atoms. The molecule has 1 unspecified atom stereocenters. The molecule has 0 spiro atoms. The Morgan fingerprint density at radius 3 is 2.26 bits per heavy atom. The molecule has 3 rings (SSSR count). The zero-order valence-electron chi connectivity index (χ0n) is 16.3. The van der Waals surface area contributed by atoms with Crippen LogP contribution in [0.25, 0.3) is 17.2 Å². The molecule has 0 amide bonds. The minimum Gasteiger partial charge on any atom is -0.207 e. The van der Waals surface area contributed by atoms with Crippen molar-refractivity contribution in [1.82, 2.24) is 0 Å². The molecule has 1 fully saturated rings. The van der Waals surface area contributed by atoms with E-state index in [-0.39, 0.29) is 18.8 Å². The van der Waals surface area contributed by atoms with Crippen LogP contribution in [0, 0.1) is 0 Å². The Balaban J connectivity index is 1.61. The summed E-state index contributed by atoms with van der Waals surface area (Å²) in [6.07, 6.45) is 10.9. The van der Waals surface area contributed by atoms with Crippen LogP contribution in [0.2, 0.25) is 0 Å². The van der Waals surface area contributed by atoms with E-state index in [0.29, 0.717) is 6.42 Å². The summed E-state index contributed by atoms with van der Waals surface area (Å²) < 4.78 is 27.3. The Bertz CT molecular complexity index is 726. The summed E-state index contributed by atoms with van der Waals surface area (Å²) >= 11 is 0. The third-order valence-corrected chi connectivity index (χ3v) is 5.55. The van der Waals surface area contributed by atoms with Crippen molar-refractivity contribution >= 4 is 6.08 Å². The van der Waals surface area contributed by atoms with Crippen LogP contribution in [0.15, 0.2) is 54.6 Å². The summed E-state index contributed by atoms with van der Waals surface area (Å²) in [7, 11) is 0. The monoisotopic (exact) mass is 368 g/mol. The molecule has 2 heteroatoms. The maximum atomic E-state index is 13.7. The van der Waals surface area contributed by atoms with Gasteiger partial charge in [-0.15, -0.1) is 0 Å². The van der Waals surface area contributed by atoms with Gasteiger partial charge in [0.2, 0.25) is 5.92 Å². The number of allylic oxidation sites excluding steroid dienone is 1. The van der Waals surface area contributed by atoms with Crippen LogP contribution in [0.1, 0.15) is 75.3 Å². The van der Waals surface area contributed by atoms with Crippen LogP contribution >= 0.6 is 0 Å².